The third-order valence-electron chi connectivity index (χ3n) is 7.32. The first-order valence-corrected chi connectivity index (χ1v) is 12.6. The molecule has 0 spiro atoms. The minimum absolute atomic E-state index is 0.0761. The van der Waals surface area contributed by atoms with Gasteiger partial charge in [0.2, 0.25) is 0 Å². The van der Waals surface area contributed by atoms with Crippen LogP contribution in [-0.2, 0) is 0 Å². The van der Waals surface area contributed by atoms with Crippen LogP contribution in [0.1, 0.15) is 39.9 Å². The van der Waals surface area contributed by atoms with E-state index >= 15 is 0 Å². The van der Waals surface area contributed by atoms with Gasteiger partial charge in [-0.2, -0.15) is 0 Å². The monoisotopic (exact) mass is 502 g/mol. The Balaban J connectivity index is 1.28. The maximum Gasteiger partial charge on any atom is 0.274 e. The molecule has 1 heterocycles. The van der Waals surface area contributed by atoms with E-state index in [2.05, 4.69) is 28.1 Å². The first kappa shape index (κ1) is 23.5. The van der Waals surface area contributed by atoms with Crippen LogP contribution in [0.2, 0.25) is 0 Å². The SMILES string of the molecule is O=C(Nc1ccc(Nc2ccccc2)cc1)c1cccc2c1NC(c1ccccc1[N+](=O)[O-])C1CC=CC21. The van der Waals surface area contributed by atoms with Crippen molar-refractivity contribution in [1.82, 2.24) is 0 Å². The Kier molecular flexibility index (Phi) is 6.09. The normalized spacial score (nSPS) is 19.1. The first-order valence-electron chi connectivity index (χ1n) is 12.6. The number of nitro groups is 1. The third kappa shape index (κ3) is 4.39. The van der Waals surface area contributed by atoms with Crippen LogP contribution >= 0.6 is 0 Å². The van der Waals surface area contributed by atoms with Crippen LogP contribution in [0.25, 0.3) is 0 Å². The number of anilines is 4. The lowest BCUT2D eigenvalue weighted by molar-refractivity contribution is -0.385. The molecule has 1 aliphatic heterocycles. The summed E-state index contributed by atoms with van der Waals surface area (Å²) < 4.78 is 0. The average Bonchev–Trinajstić information content (AvgIpc) is 3.44. The summed E-state index contributed by atoms with van der Waals surface area (Å²) in [6, 6.07) is 29.7. The van der Waals surface area contributed by atoms with E-state index in [9.17, 15) is 14.9 Å². The van der Waals surface area contributed by atoms with Gasteiger partial charge in [-0.15, -0.1) is 0 Å². The molecule has 7 nitrogen and oxygen atoms in total. The van der Waals surface area contributed by atoms with Crippen molar-refractivity contribution < 1.29 is 9.72 Å². The van der Waals surface area contributed by atoms with Crippen molar-refractivity contribution in [2.75, 3.05) is 16.0 Å². The standard InChI is InChI=1S/C31H26N4O3/c36-31(33-22-18-16-21(17-19-22)32-20-8-2-1-3-9-20)27-14-7-13-25-23-11-6-12-24(23)29(34-30(25)27)26-10-4-5-15-28(26)35(37)38/h1-11,13-19,23-24,29,32,34H,12H2,(H,33,36). The zero-order chi connectivity index (χ0) is 26.1. The summed E-state index contributed by atoms with van der Waals surface area (Å²) >= 11 is 0. The lowest BCUT2D eigenvalue weighted by Crippen LogP contribution is -2.31. The molecule has 188 valence electrons. The zero-order valence-corrected chi connectivity index (χ0v) is 20.5. The molecule has 7 heteroatoms. The number of nitro benzene ring substituents is 1. The van der Waals surface area contributed by atoms with Crippen LogP contribution in [0.5, 0.6) is 0 Å². The van der Waals surface area contributed by atoms with Crippen molar-refractivity contribution in [1.29, 1.82) is 0 Å². The fraction of sp³-hybridized carbons (Fsp3) is 0.129. The molecule has 3 unspecified atom stereocenters. The molecule has 3 atom stereocenters. The van der Waals surface area contributed by atoms with Gasteiger partial charge in [0.25, 0.3) is 11.6 Å². The summed E-state index contributed by atoms with van der Waals surface area (Å²) in [4.78, 5) is 24.9. The Labute approximate surface area is 220 Å². The molecule has 6 rings (SSSR count). The van der Waals surface area contributed by atoms with Gasteiger partial charge in [0, 0.05) is 29.0 Å². The van der Waals surface area contributed by atoms with E-state index in [1.54, 1.807) is 18.2 Å². The minimum atomic E-state index is -0.334. The number of allylic oxidation sites excluding steroid dienone is 2. The molecule has 0 aromatic heterocycles. The van der Waals surface area contributed by atoms with Crippen molar-refractivity contribution in [2.24, 2.45) is 5.92 Å². The van der Waals surface area contributed by atoms with Crippen LogP contribution in [0.15, 0.2) is 109 Å². The fourth-order valence-corrected chi connectivity index (χ4v) is 5.56. The Morgan fingerprint density at radius 2 is 1.50 bits per heavy atom. The molecule has 0 fully saturated rings. The Bertz CT molecular complexity index is 1530. The lowest BCUT2D eigenvalue weighted by atomic mass is 9.76. The van der Waals surface area contributed by atoms with Crippen LogP contribution < -0.4 is 16.0 Å². The predicted octanol–water partition coefficient (Wildman–Crippen LogP) is 7.42. The summed E-state index contributed by atoms with van der Waals surface area (Å²) in [7, 11) is 0. The largest absolute Gasteiger partial charge is 0.377 e. The van der Waals surface area contributed by atoms with Gasteiger partial charge in [-0.3, -0.25) is 14.9 Å². The van der Waals surface area contributed by atoms with E-state index in [0.29, 0.717) is 16.8 Å². The molecule has 1 amide bonds. The van der Waals surface area contributed by atoms with E-state index in [4.69, 9.17) is 0 Å². The second-order valence-corrected chi connectivity index (χ2v) is 9.58. The zero-order valence-electron chi connectivity index (χ0n) is 20.5. The van der Waals surface area contributed by atoms with Crippen LogP contribution in [0.3, 0.4) is 0 Å². The van der Waals surface area contributed by atoms with Crippen molar-refractivity contribution in [3.63, 3.8) is 0 Å². The molecule has 0 radical (unpaired) electrons. The maximum atomic E-state index is 13.5. The van der Waals surface area contributed by atoms with Gasteiger partial charge in [-0.05, 0) is 60.4 Å². The van der Waals surface area contributed by atoms with Gasteiger partial charge in [-0.1, -0.05) is 60.7 Å². The first-order chi connectivity index (χ1) is 18.6. The summed E-state index contributed by atoms with van der Waals surface area (Å²) in [5.41, 5.74) is 5.58. The van der Waals surface area contributed by atoms with Gasteiger partial charge >= 0.3 is 0 Å². The average molecular weight is 503 g/mol. The van der Waals surface area contributed by atoms with E-state index in [1.807, 2.05) is 78.9 Å². The van der Waals surface area contributed by atoms with Crippen molar-refractivity contribution >= 4 is 34.3 Å². The van der Waals surface area contributed by atoms with Crippen molar-refractivity contribution in [2.45, 2.75) is 18.4 Å². The number of carbonyl (C=O) groups is 1. The highest BCUT2D eigenvalue weighted by Crippen LogP contribution is 2.51. The van der Waals surface area contributed by atoms with Gasteiger partial charge < -0.3 is 16.0 Å². The van der Waals surface area contributed by atoms with Crippen LogP contribution in [0.4, 0.5) is 28.4 Å². The van der Waals surface area contributed by atoms with Crippen molar-refractivity contribution in [3.8, 4) is 0 Å². The molecule has 0 bridgehead atoms. The highest BCUT2D eigenvalue weighted by molar-refractivity contribution is 6.08. The number of rotatable bonds is 6. The summed E-state index contributed by atoms with van der Waals surface area (Å²) in [6.45, 7) is 0. The fourth-order valence-electron chi connectivity index (χ4n) is 5.56. The number of nitrogens with zero attached hydrogens (tertiary/aromatic N) is 1. The molecule has 4 aromatic rings. The second-order valence-electron chi connectivity index (χ2n) is 9.58. The molecular formula is C31H26N4O3. The molecular weight excluding hydrogens is 476 g/mol. The number of amides is 1. The second kappa shape index (κ2) is 9.86. The summed E-state index contributed by atoms with van der Waals surface area (Å²) in [5, 5.41) is 21.7. The Morgan fingerprint density at radius 3 is 2.29 bits per heavy atom. The molecule has 38 heavy (non-hydrogen) atoms. The van der Waals surface area contributed by atoms with Crippen molar-refractivity contribution in [3.05, 3.63) is 136 Å². The van der Waals surface area contributed by atoms with E-state index in [1.165, 1.54) is 0 Å². The smallest absolute Gasteiger partial charge is 0.274 e. The topological polar surface area (TPSA) is 96.3 Å². The number of nitrogens with one attached hydrogen (secondary N) is 3. The molecule has 3 N–H and O–H groups in total. The molecule has 2 aliphatic rings. The van der Waals surface area contributed by atoms with E-state index in [0.717, 1.165) is 29.0 Å². The van der Waals surface area contributed by atoms with Gasteiger partial charge in [-0.25, -0.2) is 0 Å². The van der Waals surface area contributed by atoms with Gasteiger partial charge in [0.05, 0.1) is 27.8 Å². The predicted molar refractivity (Wildman–Crippen MR) is 150 cm³/mol. The highest BCUT2D eigenvalue weighted by atomic mass is 16.6. The number of hydrogen-bond acceptors (Lipinski definition) is 5. The van der Waals surface area contributed by atoms with Gasteiger partial charge in [0.15, 0.2) is 0 Å². The highest BCUT2D eigenvalue weighted by Gasteiger charge is 2.41. The number of para-hydroxylation sites is 3. The molecule has 0 saturated carbocycles. The van der Waals surface area contributed by atoms with E-state index in [-0.39, 0.29) is 34.4 Å². The Morgan fingerprint density at radius 1 is 0.816 bits per heavy atom. The Hall–Kier alpha value is -4.91. The summed E-state index contributed by atoms with van der Waals surface area (Å²) in [5.74, 6) is -0.0291. The lowest BCUT2D eigenvalue weighted by Gasteiger charge is -2.38. The van der Waals surface area contributed by atoms with E-state index < -0.39 is 0 Å². The molecule has 0 saturated heterocycles. The number of hydrogen-bond donors (Lipinski definition) is 3. The number of benzene rings is 4. The quantitative estimate of drug-likeness (QED) is 0.145. The third-order valence-corrected chi connectivity index (χ3v) is 7.32. The molecule has 4 aromatic carbocycles. The van der Waals surface area contributed by atoms with Crippen LogP contribution in [-0.4, -0.2) is 10.8 Å². The summed E-state index contributed by atoms with van der Waals surface area (Å²) in [6.07, 6.45) is 5.10. The number of carbonyl (C=O) groups excluding carboxylic acids is 1. The molecule has 1 aliphatic carbocycles. The van der Waals surface area contributed by atoms with Gasteiger partial charge in [0.1, 0.15) is 0 Å². The minimum Gasteiger partial charge on any atom is -0.377 e. The van der Waals surface area contributed by atoms with Crippen LogP contribution in [0, 0.1) is 16.0 Å². The maximum absolute atomic E-state index is 13.5. The number of fused-ring (bicyclic) bond motifs is 3.